The van der Waals surface area contributed by atoms with E-state index in [1.165, 1.54) is 11.1 Å². The molecular weight excluding hydrogens is 645 g/mol. The number of benzene rings is 1. The molecule has 0 saturated carbocycles. The molecule has 0 fully saturated rings. The van der Waals surface area contributed by atoms with Crippen LogP contribution in [0.1, 0.15) is 25.0 Å². The molecule has 1 aliphatic rings. The van der Waals surface area contributed by atoms with Gasteiger partial charge in [-0.3, -0.25) is 0 Å². The molecule has 1 aromatic rings. The molecule has 1 radical (unpaired) electrons. The molecule has 0 spiro atoms. The minimum atomic E-state index is 0. The van der Waals surface area contributed by atoms with Crippen LogP contribution in [0.2, 0.25) is 0 Å². The van der Waals surface area contributed by atoms with E-state index in [0.29, 0.717) is 11.8 Å². The smallest absolute Gasteiger partial charge is 0 e. The average Bonchev–Trinajstić information content (AvgIpc) is 2.27. The molecule has 1 aliphatic carbocycles. The predicted molar refractivity (Wildman–Crippen MR) is 69.9 cm³/mol. The molecule has 0 nitrogen and oxygen atoms in total. The Labute approximate surface area is 119 Å². The molecule has 0 saturated heterocycles. The van der Waals surface area contributed by atoms with Crippen LogP contribution in [0.25, 0.3) is 0 Å². The van der Waals surface area contributed by atoms with Crippen LogP contribution in [-0.4, -0.2) is 0 Å². The number of fused-ring (bicyclic) bond motifs is 1. The van der Waals surface area contributed by atoms with Gasteiger partial charge in [-0.1, -0.05) is 38.1 Å². The zero-order chi connectivity index (χ0) is 11.4. The Morgan fingerprint density at radius 1 is 0.889 bits per heavy atom. The molecule has 0 N–H and O–H groups in total. The Balaban J connectivity index is 0.00000144. The van der Waals surface area contributed by atoms with Crippen molar-refractivity contribution in [1.29, 1.82) is 0 Å². The summed E-state index contributed by atoms with van der Waals surface area (Å²) in [6, 6.07) is 8.86. The van der Waals surface area contributed by atoms with Gasteiger partial charge >= 0.3 is 0 Å². The second-order valence-corrected chi connectivity index (χ2v) is 4.90. The van der Waals surface area contributed by atoms with Gasteiger partial charge in [0.1, 0.15) is 0 Å². The van der Waals surface area contributed by atoms with Crippen LogP contribution >= 0.6 is 0 Å². The van der Waals surface area contributed by atoms with Crippen LogP contribution in [0, 0.1) is 24.7 Å². The summed E-state index contributed by atoms with van der Waals surface area (Å²) in [5, 5.41) is 0. The Kier molecular flexibility index (Phi) is 6.95. The van der Waals surface area contributed by atoms with Gasteiger partial charge in [-0.05, 0) is 24.0 Å². The Hall–Kier alpha value is -1.64. The number of hydrogen-bond acceptors (Lipinski definition) is 0. The molecule has 2 unspecified atom stereocenters. The fourth-order valence-electron chi connectivity index (χ4n) is 2.29. The molecule has 0 aliphatic heterocycles. The minimum Gasteiger partial charge on any atom is -0.378 e. The van der Waals surface area contributed by atoms with Crippen LogP contribution in [0.3, 0.4) is 0 Å². The number of hydrogen-bond donors (Lipinski definition) is 0. The van der Waals surface area contributed by atoms with E-state index in [-0.39, 0.29) is 20.4 Å². The molecule has 1 aromatic carbocycles. The Morgan fingerprint density at radius 3 is 1.67 bits per heavy atom. The van der Waals surface area contributed by atoms with E-state index < -0.39 is 0 Å². The summed E-state index contributed by atoms with van der Waals surface area (Å²) in [4.78, 5) is 0. The largest absolute Gasteiger partial charge is 0.378 e. The van der Waals surface area contributed by atoms with Crippen molar-refractivity contribution in [2.75, 3.05) is 0 Å². The quantitative estimate of drug-likeness (QED) is 0.368. The van der Waals surface area contributed by atoms with Crippen molar-refractivity contribution in [2.45, 2.75) is 26.7 Å². The van der Waals surface area contributed by atoms with Crippen LogP contribution in [0.4, 0.5) is 0 Å². The van der Waals surface area contributed by atoms with Gasteiger partial charge in [0.25, 0.3) is 0 Å². The van der Waals surface area contributed by atoms with Crippen molar-refractivity contribution in [3.8, 4) is 0 Å². The van der Waals surface area contributed by atoms with Crippen molar-refractivity contribution in [1.82, 2.24) is 0 Å². The van der Waals surface area contributed by atoms with Crippen LogP contribution in [0.5, 0.6) is 0 Å². The van der Waals surface area contributed by atoms with E-state index in [0.717, 1.165) is 12.8 Å². The summed E-state index contributed by atoms with van der Waals surface area (Å²) in [7, 11) is 0. The summed E-state index contributed by atoms with van der Waals surface area (Å²) in [6.07, 6.45) is 11.3. The van der Waals surface area contributed by atoms with Gasteiger partial charge in [0.15, 0.2) is 0 Å². The molecule has 18 heavy (non-hydrogen) atoms. The van der Waals surface area contributed by atoms with Crippen molar-refractivity contribution in [3.63, 3.8) is 0 Å². The van der Waals surface area contributed by atoms with Gasteiger partial charge < -0.3 is 25.0 Å². The molecule has 0 heterocycles. The first-order chi connectivity index (χ1) is 7.75. The van der Waals surface area contributed by atoms with Gasteiger partial charge in [0, 0.05) is 20.4 Å². The van der Waals surface area contributed by atoms with Crippen molar-refractivity contribution in [3.05, 3.63) is 60.4 Å². The van der Waals surface area contributed by atoms with E-state index in [9.17, 15) is 0 Å². The zero-order valence-electron chi connectivity index (χ0n) is 11.3. The van der Waals surface area contributed by atoms with Crippen LogP contribution in [0.15, 0.2) is 36.4 Å². The molecule has 0 amide bonds. The molecule has 2 rings (SSSR count). The average molecular weight is 666 g/mol. The third-order valence-corrected chi connectivity index (χ3v) is 3.19. The van der Waals surface area contributed by atoms with Gasteiger partial charge in [0.2, 0.25) is 0 Å². The van der Waals surface area contributed by atoms with E-state index in [1.807, 2.05) is 0 Å². The molecule has 95 valence electrons. The van der Waals surface area contributed by atoms with Crippen molar-refractivity contribution < 1.29 is 20.4 Å². The second kappa shape index (κ2) is 7.64. The maximum absolute atomic E-state index is 2.30. The number of rotatable bonds is 0. The van der Waals surface area contributed by atoms with Gasteiger partial charge in [-0.25, -0.2) is 0 Å². The Morgan fingerprint density at radius 2 is 1.28 bits per heavy atom. The first-order valence-corrected chi connectivity index (χ1v) is 6.17. The predicted octanol–water partition coefficient (Wildman–Crippen LogP) is 4.02. The molecule has 0 bridgehead atoms. The van der Waals surface area contributed by atoms with E-state index in [1.54, 1.807) is 0 Å². The fourth-order valence-corrected chi connectivity index (χ4v) is 2.29. The fraction of sp³-hybridized carbons (Fsp3) is 0.375. The zero-order valence-corrected chi connectivity index (χ0v) is 20.4. The van der Waals surface area contributed by atoms with Crippen molar-refractivity contribution >= 4 is 0 Å². The minimum absolute atomic E-state index is 0. The molecule has 2 atom stereocenters. The monoisotopic (exact) mass is 666 g/mol. The summed E-state index contributed by atoms with van der Waals surface area (Å²) in [5.41, 5.74) is 3.03. The first kappa shape index (κ1) is 16.4. The molecule has 2 heteroatoms. The third-order valence-electron chi connectivity index (χ3n) is 3.19. The van der Waals surface area contributed by atoms with Crippen molar-refractivity contribution in [2.24, 2.45) is 11.8 Å². The summed E-state index contributed by atoms with van der Waals surface area (Å²) < 4.78 is 0. The number of allylic oxidation sites excluding steroid dienone is 2. The topological polar surface area (TPSA) is 0 Å². The molecule has 0 aromatic heterocycles. The van der Waals surface area contributed by atoms with E-state index in [2.05, 4.69) is 63.1 Å². The van der Waals surface area contributed by atoms with Gasteiger partial charge in [0.05, 0.1) is 0 Å². The SMILES string of the molecule is CC1[CH-]/C=C\[CH-]C(C)Cc2ccccc2C1.[Re].[Rf]. The third kappa shape index (κ3) is 4.32. The standard InChI is InChI=1S/C16H20.Re.Rf/c1-13-7-3-4-8-14(2)12-16-10-6-5-9-15(16)11-13;;/h3-10,13-14H,11-12H2,1-2H3;;/q-2;;/b4-3-;;. The van der Waals surface area contributed by atoms with Crippen LogP contribution < -0.4 is 0 Å². The van der Waals surface area contributed by atoms with Crippen LogP contribution in [-0.2, 0) is 33.3 Å². The van der Waals surface area contributed by atoms with Gasteiger partial charge in [-0.15, -0.1) is 11.8 Å². The summed E-state index contributed by atoms with van der Waals surface area (Å²) in [6.45, 7) is 4.57. The summed E-state index contributed by atoms with van der Waals surface area (Å²) >= 11 is 0. The first-order valence-electron chi connectivity index (χ1n) is 6.17. The molecular formula is C16H20ReRf-2. The van der Waals surface area contributed by atoms with Gasteiger partial charge in [-0.2, -0.15) is 0 Å². The maximum Gasteiger partial charge on any atom is 0 e. The second-order valence-electron chi connectivity index (χ2n) is 4.90. The summed E-state index contributed by atoms with van der Waals surface area (Å²) in [5.74, 6) is 1.25. The Bertz CT molecular complexity index is 338. The maximum atomic E-state index is 2.30. The van der Waals surface area contributed by atoms with E-state index >= 15 is 0 Å². The van der Waals surface area contributed by atoms with E-state index in [4.69, 9.17) is 0 Å². The normalized spacial score (nSPS) is 24.1.